The number of hydrogen-bond donors (Lipinski definition) is 4. The number of nitrogens with two attached hydrogens (primary N) is 1. The highest BCUT2D eigenvalue weighted by molar-refractivity contribution is 5.64. The maximum Gasteiger partial charge on any atom is 0.416 e. The third-order valence-corrected chi connectivity index (χ3v) is 5.55. The average Bonchev–Trinajstić information content (AvgIpc) is 3.33. The highest BCUT2D eigenvalue weighted by Crippen LogP contribution is 2.39. The van der Waals surface area contributed by atoms with Crippen LogP contribution in [0.1, 0.15) is 34.8 Å². The van der Waals surface area contributed by atoms with E-state index >= 15 is 0 Å². The Balaban J connectivity index is 1.52. The minimum absolute atomic E-state index is 0.00364. The highest BCUT2D eigenvalue weighted by atomic mass is 19.4. The molecular weight excluding hydrogens is 492 g/mol. The van der Waals surface area contributed by atoms with E-state index in [-0.39, 0.29) is 17.6 Å². The molecule has 5 N–H and O–H groups in total. The van der Waals surface area contributed by atoms with Crippen LogP contribution in [0.15, 0.2) is 29.5 Å². The maximum absolute atomic E-state index is 13.4. The molecule has 2 aromatic rings. The third-order valence-electron chi connectivity index (χ3n) is 5.55. The van der Waals surface area contributed by atoms with E-state index in [9.17, 15) is 41.7 Å². The fraction of sp³-hybridized carbons (Fsp3) is 0.474. The first-order chi connectivity index (χ1) is 16.3. The van der Waals surface area contributed by atoms with Gasteiger partial charge < -0.3 is 25.8 Å². The Morgan fingerprint density at radius 2 is 1.80 bits per heavy atom. The van der Waals surface area contributed by atoms with Gasteiger partial charge in [0.15, 0.2) is 18.2 Å². The first kappa shape index (κ1) is 25.3. The largest absolute Gasteiger partial charge is 0.416 e. The van der Waals surface area contributed by atoms with E-state index in [4.69, 9.17) is 15.3 Å². The average molecular weight is 511 g/mol. The summed E-state index contributed by atoms with van der Waals surface area (Å²) in [6.45, 7) is -1.34. The number of fused-ring (bicyclic) bond motifs is 1. The Labute approximate surface area is 192 Å². The summed E-state index contributed by atoms with van der Waals surface area (Å²) in [4.78, 5) is 13.4. The van der Waals surface area contributed by atoms with Crippen molar-refractivity contribution >= 4 is 12.2 Å². The van der Waals surface area contributed by atoms with Crippen LogP contribution in [0, 0.1) is 0 Å². The zero-order chi connectivity index (χ0) is 25.7. The van der Waals surface area contributed by atoms with Crippen LogP contribution in [-0.4, -0.2) is 61.2 Å². The van der Waals surface area contributed by atoms with Gasteiger partial charge in [-0.25, -0.2) is 15.0 Å². The Kier molecular flexibility index (Phi) is 6.54. The SMILES string of the molecule is NC1c2ncn([C@@H]3O[C@H](CO)C(O)C3O)c2N=CN1OCc1ccc(C(F)(F)F)cc1C(F)(F)F. The van der Waals surface area contributed by atoms with Crippen molar-refractivity contribution in [3.8, 4) is 0 Å². The molecule has 1 fully saturated rings. The normalized spacial score (nSPS) is 26.9. The van der Waals surface area contributed by atoms with Crippen LogP contribution in [0.25, 0.3) is 0 Å². The van der Waals surface area contributed by atoms with Crippen molar-refractivity contribution in [3.63, 3.8) is 0 Å². The Bertz CT molecular complexity index is 1110. The van der Waals surface area contributed by atoms with Gasteiger partial charge in [0.25, 0.3) is 0 Å². The number of benzene rings is 1. The number of aromatic nitrogens is 2. The number of alkyl halides is 6. The number of nitrogens with zero attached hydrogens (tertiary/aromatic N) is 4. The maximum atomic E-state index is 13.4. The molecule has 0 saturated carbocycles. The molecule has 0 spiro atoms. The van der Waals surface area contributed by atoms with Crippen molar-refractivity contribution in [1.82, 2.24) is 14.6 Å². The second-order valence-corrected chi connectivity index (χ2v) is 7.78. The molecule has 0 bridgehead atoms. The van der Waals surface area contributed by atoms with Gasteiger partial charge in [-0.05, 0) is 17.7 Å². The summed E-state index contributed by atoms with van der Waals surface area (Å²) in [5, 5.41) is 30.3. The number of imidazole rings is 1. The van der Waals surface area contributed by atoms with Gasteiger partial charge in [0, 0.05) is 0 Å². The van der Waals surface area contributed by atoms with E-state index in [0.717, 1.165) is 11.4 Å². The van der Waals surface area contributed by atoms with Gasteiger partial charge in [-0.2, -0.15) is 26.3 Å². The molecular formula is C19H19F6N5O5. The van der Waals surface area contributed by atoms with Crippen LogP contribution in [0.3, 0.4) is 0 Å². The van der Waals surface area contributed by atoms with Crippen LogP contribution >= 0.6 is 0 Å². The van der Waals surface area contributed by atoms with Crippen LogP contribution in [0.5, 0.6) is 0 Å². The summed E-state index contributed by atoms with van der Waals surface area (Å²) < 4.78 is 85.3. The lowest BCUT2D eigenvalue weighted by molar-refractivity contribution is -0.151. The summed E-state index contributed by atoms with van der Waals surface area (Å²) in [5.41, 5.74) is 2.61. The first-order valence-electron chi connectivity index (χ1n) is 10.0. The molecule has 2 aliphatic heterocycles. The summed E-state index contributed by atoms with van der Waals surface area (Å²) in [7, 11) is 0. The molecule has 192 valence electrons. The van der Waals surface area contributed by atoms with Crippen LogP contribution in [0.2, 0.25) is 0 Å². The quantitative estimate of drug-likeness (QED) is 0.444. The fourth-order valence-corrected chi connectivity index (χ4v) is 3.71. The Morgan fingerprint density at radius 3 is 2.40 bits per heavy atom. The second-order valence-electron chi connectivity index (χ2n) is 7.78. The van der Waals surface area contributed by atoms with Crippen LogP contribution in [-0.2, 0) is 28.5 Å². The summed E-state index contributed by atoms with van der Waals surface area (Å²) in [6.07, 6.45) is -14.0. The zero-order valence-electron chi connectivity index (χ0n) is 17.5. The summed E-state index contributed by atoms with van der Waals surface area (Å²) in [5.74, 6) is 0.0951. The molecule has 2 aliphatic rings. The van der Waals surface area contributed by atoms with Crippen LogP contribution in [0.4, 0.5) is 32.2 Å². The van der Waals surface area contributed by atoms with Crippen molar-refractivity contribution in [2.24, 2.45) is 10.7 Å². The van der Waals surface area contributed by atoms with E-state index in [1.165, 1.54) is 10.9 Å². The number of halogens is 6. The Morgan fingerprint density at radius 1 is 1.09 bits per heavy atom. The standard InChI is InChI=1S/C19H19F6N5O5/c20-18(21,22)9-2-1-8(10(3-9)19(23,24)25)5-34-30-7-28-16-12(15(30)26)27-6-29(16)17-14(33)13(32)11(4-31)35-17/h1-3,6-7,11,13-15,17,31-33H,4-5,26H2/t11-,13?,14?,15?,17-/m1/s1. The van der Waals surface area contributed by atoms with Gasteiger partial charge in [0.1, 0.15) is 37.0 Å². The van der Waals surface area contributed by atoms with Crippen molar-refractivity contribution < 1.29 is 51.2 Å². The molecule has 10 nitrogen and oxygen atoms in total. The number of hydrogen-bond acceptors (Lipinski definition) is 9. The van der Waals surface area contributed by atoms with Crippen molar-refractivity contribution in [3.05, 3.63) is 46.9 Å². The molecule has 35 heavy (non-hydrogen) atoms. The molecule has 3 heterocycles. The van der Waals surface area contributed by atoms with E-state index in [1.54, 1.807) is 0 Å². The van der Waals surface area contributed by atoms with Gasteiger partial charge in [0.2, 0.25) is 0 Å². The zero-order valence-corrected chi connectivity index (χ0v) is 17.5. The number of ether oxygens (including phenoxy) is 1. The molecule has 16 heteroatoms. The van der Waals surface area contributed by atoms with E-state index in [1.807, 2.05) is 0 Å². The topological polar surface area (TPSA) is 139 Å². The molecule has 0 radical (unpaired) electrons. The minimum Gasteiger partial charge on any atom is -0.394 e. The monoisotopic (exact) mass is 511 g/mol. The van der Waals surface area contributed by atoms with Gasteiger partial charge in [-0.1, -0.05) is 6.07 Å². The van der Waals surface area contributed by atoms with Crippen molar-refractivity contribution in [2.45, 2.75) is 49.7 Å². The lowest BCUT2D eigenvalue weighted by atomic mass is 10.0. The molecule has 0 aliphatic carbocycles. The Hall–Kier alpha value is -2.76. The fourth-order valence-electron chi connectivity index (χ4n) is 3.71. The number of aliphatic hydroxyl groups excluding tert-OH is 3. The second kappa shape index (κ2) is 9.03. The number of rotatable bonds is 5. The minimum atomic E-state index is -5.07. The predicted molar refractivity (Wildman–Crippen MR) is 103 cm³/mol. The lowest BCUT2D eigenvalue weighted by Crippen LogP contribution is -2.36. The molecule has 4 rings (SSSR count). The number of aliphatic hydroxyl groups is 3. The van der Waals surface area contributed by atoms with Crippen molar-refractivity contribution in [1.29, 1.82) is 0 Å². The van der Waals surface area contributed by atoms with E-state index < -0.39 is 73.0 Å². The smallest absolute Gasteiger partial charge is 0.394 e. The molecule has 5 atom stereocenters. The van der Waals surface area contributed by atoms with Gasteiger partial charge in [-0.3, -0.25) is 9.40 Å². The van der Waals surface area contributed by atoms with Gasteiger partial charge in [-0.15, -0.1) is 0 Å². The van der Waals surface area contributed by atoms with E-state index in [2.05, 4.69) is 9.98 Å². The highest BCUT2D eigenvalue weighted by Gasteiger charge is 2.45. The molecule has 1 aromatic heterocycles. The molecule has 1 saturated heterocycles. The van der Waals surface area contributed by atoms with Crippen molar-refractivity contribution in [2.75, 3.05) is 6.61 Å². The first-order valence-corrected chi connectivity index (χ1v) is 10.0. The molecule has 1 aromatic carbocycles. The molecule has 3 unspecified atom stereocenters. The molecule has 0 amide bonds. The lowest BCUT2D eigenvalue weighted by Gasteiger charge is -2.29. The van der Waals surface area contributed by atoms with Gasteiger partial charge >= 0.3 is 12.4 Å². The number of hydroxylamine groups is 2. The van der Waals surface area contributed by atoms with Gasteiger partial charge in [0.05, 0.1) is 24.1 Å². The van der Waals surface area contributed by atoms with E-state index in [0.29, 0.717) is 12.1 Å². The summed E-state index contributed by atoms with van der Waals surface area (Å²) >= 11 is 0. The third kappa shape index (κ3) is 4.72. The van der Waals surface area contributed by atoms with Crippen LogP contribution < -0.4 is 5.73 Å². The number of aliphatic imine (C=N–C) groups is 1. The predicted octanol–water partition coefficient (Wildman–Crippen LogP) is 1.60. The summed E-state index contributed by atoms with van der Waals surface area (Å²) in [6, 6.07) is 1.18.